The Kier molecular flexibility index (Phi) is 7.43. The number of ether oxygens (including phenoxy) is 2. The predicted octanol–water partition coefficient (Wildman–Crippen LogP) is 1.76. The molecule has 0 amide bonds. The van der Waals surface area contributed by atoms with E-state index in [1.807, 2.05) is 0 Å². The summed E-state index contributed by atoms with van der Waals surface area (Å²) in [7, 11) is 3.10. The van der Waals surface area contributed by atoms with Gasteiger partial charge in [-0.2, -0.15) is 0 Å². The summed E-state index contributed by atoms with van der Waals surface area (Å²) >= 11 is 0. The van der Waals surface area contributed by atoms with Gasteiger partial charge in [-0.05, 0) is 23.9 Å². The zero-order chi connectivity index (χ0) is 10.8. The van der Waals surface area contributed by atoms with Crippen LogP contribution in [0.4, 0.5) is 0 Å². The maximum absolute atomic E-state index is 7.01. The first-order chi connectivity index (χ1) is 6.79. The molecule has 0 bridgehead atoms. The standard InChI is InChI=1S/C11H15NO2/c1-4-5-6-7-10(8-9-12)11(13-2)14-3/h4,7,9,11-12H,1,8H2,2-3H3/b10-7+,12-9?. The molecular weight excluding hydrogens is 178 g/mol. The van der Waals surface area contributed by atoms with Crippen LogP contribution in [-0.4, -0.2) is 26.7 Å². The van der Waals surface area contributed by atoms with Crippen molar-refractivity contribution in [1.82, 2.24) is 0 Å². The van der Waals surface area contributed by atoms with Crippen molar-refractivity contribution in [3.63, 3.8) is 0 Å². The molecule has 0 fully saturated rings. The normalized spacial score (nSPS) is 10.6. The van der Waals surface area contributed by atoms with Crippen molar-refractivity contribution < 1.29 is 9.47 Å². The number of hydrogen-bond acceptors (Lipinski definition) is 3. The average Bonchev–Trinajstić information content (AvgIpc) is 2.20. The molecule has 0 saturated heterocycles. The Morgan fingerprint density at radius 2 is 2.07 bits per heavy atom. The third kappa shape index (κ3) is 4.61. The molecule has 0 spiro atoms. The van der Waals surface area contributed by atoms with E-state index >= 15 is 0 Å². The first kappa shape index (κ1) is 12.6. The Bertz CT molecular complexity index is 267. The Morgan fingerprint density at radius 1 is 1.43 bits per heavy atom. The summed E-state index contributed by atoms with van der Waals surface area (Å²) in [4.78, 5) is 0. The van der Waals surface area contributed by atoms with Crippen LogP contribution in [0.1, 0.15) is 6.42 Å². The molecule has 0 aromatic carbocycles. The second-order valence-electron chi connectivity index (χ2n) is 2.42. The van der Waals surface area contributed by atoms with E-state index in [-0.39, 0.29) is 0 Å². The second kappa shape index (κ2) is 8.24. The van der Waals surface area contributed by atoms with Crippen LogP contribution in [0.25, 0.3) is 0 Å². The number of methoxy groups -OCH3 is 2. The molecule has 1 N–H and O–H groups in total. The topological polar surface area (TPSA) is 42.3 Å². The lowest BCUT2D eigenvalue weighted by Gasteiger charge is -2.14. The van der Waals surface area contributed by atoms with Gasteiger partial charge < -0.3 is 14.9 Å². The molecule has 0 aliphatic carbocycles. The number of hydrogen-bond donors (Lipinski definition) is 1. The van der Waals surface area contributed by atoms with Crippen LogP contribution >= 0.6 is 0 Å². The molecule has 0 aromatic heterocycles. The summed E-state index contributed by atoms with van der Waals surface area (Å²) in [5, 5.41) is 7.01. The van der Waals surface area contributed by atoms with Crippen LogP contribution in [0.5, 0.6) is 0 Å². The molecule has 0 atom stereocenters. The third-order valence-electron chi connectivity index (χ3n) is 1.51. The fourth-order valence-corrected chi connectivity index (χ4v) is 0.933. The SMILES string of the molecule is C=CC#C/C=C(\CC=N)C(OC)OC. The molecule has 0 aromatic rings. The van der Waals surface area contributed by atoms with Gasteiger partial charge in [0, 0.05) is 20.6 Å². The average molecular weight is 193 g/mol. The molecule has 0 unspecified atom stereocenters. The molecule has 0 aliphatic rings. The van der Waals surface area contributed by atoms with E-state index < -0.39 is 6.29 Å². The molecule has 0 saturated carbocycles. The van der Waals surface area contributed by atoms with Crippen molar-refractivity contribution in [3.8, 4) is 11.8 Å². The predicted molar refractivity (Wildman–Crippen MR) is 57.3 cm³/mol. The van der Waals surface area contributed by atoms with Crippen LogP contribution in [0.15, 0.2) is 24.3 Å². The molecule has 3 heteroatoms. The maximum Gasteiger partial charge on any atom is 0.180 e. The second-order valence-corrected chi connectivity index (χ2v) is 2.42. The smallest absolute Gasteiger partial charge is 0.180 e. The Labute approximate surface area is 84.9 Å². The minimum absolute atomic E-state index is 0.435. The van der Waals surface area contributed by atoms with Gasteiger partial charge in [-0.25, -0.2) is 0 Å². The summed E-state index contributed by atoms with van der Waals surface area (Å²) in [6.45, 7) is 3.48. The fourth-order valence-electron chi connectivity index (χ4n) is 0.933. The molecule has 0 rings (SSSR count). The van der Waals surface area contributed by atoms with Crippen LogP contribution < -0.4 is 0 Å². The van der Waals surface area contributed by atoms with Gasteiger partial charge in [0.15, 0.2) is 6.29 Å². The van der Waals surface area contributed by atoms with Crippen molar-refractivity contribution in [2.24, 2.45) is 0 Å². The van der Waals surface area contributed by atoms with E-state index in [4.69, 9.17) is 14.9 Å². The molecule has 14 heavy (non-hydrogen) atoms. The minimum Gasteiger partial charge on any atom is -0.352 e. The van der Waals surface area contributed by atoms with Crippen molar-refractivity contribution in [3.05, 3.63) is 24.3 Å². The van der Waals surface area contributed by atoms with Gasteiger partial charge in [0.2, 0.25) is 0 Å². The third-order valence-corrected chi connectivity index (χ3v) is 1.51. The Morgan fingerprint density at radius 3 is 2.50 bits per heavy atom. The highest BCUT2D eigenvalue weighted by Gasteiger charge is 2.09. The van der Waals surface area contributed by atoms with E-state index in [2.05, 4.69) is 18.4 Å². The van der Waals surface area contributed by atoms with Crippen molar-refractivity contribution in [2.75, 3.05) is 14.2 Å². The molecule has 0 heterocycles. The van der Waals surface area contributed by atoms with Crippen molar-refractivity contribution in [2.45, 2.75) is 12.7 Å². The van der Waals surface area contributed by atoms with Crippen LogP contribution in [0, 0.1) is 17.3 Å². The van der Waals surface area contributed by atoms with Crippen LogP contribution in [-0.2, 0) is 9.47 Å². The van der Waals surface area contributed by atoms with Crippen LogP contribution in [0.2, 0.25) is 0 Å². The van der Waals surface area contributed by atoms with Crippen LogP contribution in [0.3, 0.4) is 0 Å². The van der Waals surface area contributed by atoms with Gasteiger partial charge >= 0.3 is 0 Å². The first-order valence-corrected chi connectivity index (χ1v) is 4.15. The highest BCUT2D eigenvalue weighted by molar-refractivity contribution is 5.58. The van der Waals surface area contributed by atoms with Gasteiger partial charge in [-0.1, -0.05) is 18.4 Å². The number of rotatable bonds is 5. The van der Waals surface area contributed by atoms with E-state index in [9.17, 15) is 0 Å². The summed E-state index contributed by atoms with van der Waals surface area (Å²) in [5.74, 6) is 5.47. The lowest BCUT2D eigenvalue weighted by molar-refractivity contribution is -0.0754. The zero-order valence-electron chi connectivity index (χ0n) is 8.54. The van der Waals surface area contributed by atoms with Gasteiger partial charge in [-0.3, -0.25) is 0 Å². The number of nitrogens with one attached hydrogen (secondary N) is 1. The van der Waals surface area contributed by atoms with E-state index in [1.54, 1.807) is 20.3 Å². The molecule has 76 valence electrons. The largest absolute Gasteiger partial charge is 0.352 e. The first-order valence-electron chi connectivity index (χ1n) is 4.15. The zero-order valence-corrected chi connectivity index (χ0v) is 8.54. The Hall–Kier alpha value is -1.37. The molecule has 0 aliphatic heterocycles. The molecule has 3 nitrogen and oxygen atoms in total. The monoisotopic (exact) mass is 193 g/mol. The number of allylic oxidation sites excluding steroid dienone is 2. The van der Waals surface area contributed by atoms with Gasteiger partial charge in [0.1, 0.15) is 0 Å². The molecular formula is C11H15NO2. The molecule has 0 radical (unpaired) electrons. The lowest BCUT2D eigenvalue weighted by Crippen LogP contribution is -2.16. The summed E-state index contributed by atoms with van der Waals surface area (Å²) in [6.07, 6.45) is 4.51. The quantitative estimate of drug-likeness (QED) is 0.410. The van der Waals surface area contributed by atoms with Crippen molar-refractivity contribution in [1.29, 1.82) is 5.41 Å². The Balaban J connectivity index is 4.62. The highest BCUT2D eigenvalue weighted by Crippen LogP contribution is 2.09. The van der Waals surface area contributed by atoms with Gasteiger partial charge in [-0.15, -0.1) is 0 Å². The van der Waals surface area contributed by atoms with Crippen molar-refractivity contribution >= 4 is 6.21 Å². The van der Waals surface area contributed by atoms with Gasteiger partial charge in [0.25, 0.3) is 0 Å². The van der Waals surface area contributed by atoms with E-state index in [0.29, 0.717) is 6.42 Å². The highest BCUT2D eigenvalue weighted by atomic mass is 16.7. The van der Waals surface area contributed by atoms with E-state index in [1.165, 1.54) is 12.3 Å². The van der Waals surface area contributed by atoms with E-state index in [0.717, 1.165) is 5.57 Å². The lowest BCUT2D eigenvalue weighted by atomic mass is 10.2. The minimum atomic E-state index is -0.435. The fraction of sp³-hybridized carbons (Fsp3) is 0.364. The summed E-state index contributed by atoms with van der Waals surface area (Å²) in [6, 6.07) is 0. The maximum atomic E-state index is 7.01. The summed E-state index contributed by atoms with van der Waals surface area (Å²) in [5.41, 5.74) is 0.819. The van der Waals surface area contributed by atoms with Gasteiger partial charge in [0.05, 0.1) is 0 Å². The summed E-state index contributed by atoms with van der Waals surface area (Å²) < 4.78 is 10.1.